The summed E-state index contributed by atoms with van der Waals surface area (Å²) >= 11 is 3.19. The molecule has 1 aliphatic heterocycles. The molecule has 0 saturated carbocycles. The molecule has 1 aromatic carbocycles. The highest BCUT2D eigenvalue weighted by atomic mass is 32.2. The van der Waals surface area contributed by atoms with E-state index >= 15 is 0 Å². The zero-order valence-electron chi connectivity index (χ0n) is 16.7. The van der Waals surface area contributed by atoms with E-state index in [-0.39, 0.29) is 17.5 Å². The predicted molar refractivity (Wildman–Crippen MR) is 119 cm³/mol. The number of nitrogens with one attached hydrogen (secondary N) is 1. The first-order chi connectivity index (χ1) is 14.6. The third-order valence-corrected chi connectivity index (χ3v) is 7.96. The minimum Gasteiger partial charge on any atom is -0.351 e. The number of carbonyl (C=O) groups excluding carboxylic acids is 1. The lowest BCUT2D eigenvalue weighted by Gasteiger charge is -2.14. The lowest BCUT2D eigenvalue weighted by atomic mass is 10.2. The number of aromatic nitrogens is 3. The first-order valence-electron chi connectivity index (χ1n) is 10.2. The second-order valence-electron chi connectivity index (χ2n) is 7.69. The molecular formula is C22H22N4O2S2. The molecule has 0 saturated heterocycles. The van der Waals surface area contributed by atoms with Crippen LogP contribution in [-0.2, 0) is 24.2 Å². The lowest BCUT2D eigenvalue weighted by Crippen LogP contribution is -2.32. The number of fused-ring (bicyclic) bond motifs is 2. The van der Waals surface area contributed by atoms with E-state index < -0.39 is 0 Å². The maximum Gasteiger partial charge on any atom is 0.257 e. The van der Waals surface area contributed by atoms with Gasteiger partial charge in [0.1, 0.15) is 5.01 Å². The molecule has 0 radical (unpaired) electrons. The fraction of sp³-hybridized carbons (Fsp3) is 0.364. The Bertz CT molecular complexity index is 1170. The standard InChI is InChI=1S/C22H22N4O2S2/c1-13-18(30-20(24-13)14-6-3-2-4-7-14)11-23-19(27)10-15-12-29-22-25-17-9-5-8-16(17)21(28)26(15)22/h2-4,6-7,15H,5,8-12H2,1H3,(H,23,27). The topological polar surface area (TPSA) is 76.9 Å². The van der Waals surface area contributed by atoms with Gasteiger partial charge in [-0.2, -0.15) is 0 Å². The normalized spacial score (nSPS) is 17.0. The van der Waals surface area contributed by atoms with Gasteiger partial charge in [0.05, 0.1) is 24.0 Å². The Morgan fingerprint density at radius 1 is 1.23 bits per heavy atom. The number of carbonyl (C=O) groups is 1. The Balaban J connectivity index is 1.26. The highest BCUT2D eigenvalue weighted by Gasteiger charge is 2.31. The van der Waals surface area contributed by atoms with E-state index in [1.54, 1.807) is 27.7 Å². The van der Waals surface area contributed by atoms with Gasteiger partial charge in [-0.3, -0.25) is 14.2 Å². The molecule has 3 aromatic rings. The van der Waals surface area contributed by atoms with E-state index in [4.69, 9.17) is 0 Å². The van der Waals surface area contributed by atoms with Crippen LogP contribution in [0.5, 0.6) is 0 Å². The molecule has 0 spiro atoms. The molecule has 0 fully saturated rings. The quantitative estimate of drug-likeness (QED) is 0.617. The summed E-state index contributed by atoms with van der Waals surface area (Å²) in [7, 11) is 0. The monoisotopic (exact) mass is 438 g/mol. The molecule has 1 unspecified atom stereocenters. The second kappa shape index (κ2) is 8.00. The lowest BCUT2D eigenvalue weighted by molar-refractivity contribution is -0.121. The van der Waals surface area contributed by atoms with Crippen molar-refractivity contribution in [1.82, 2.24) is 19.9 Å². The van der Waals surface area contributed by atoms with Crippen molar-refractivity contribution in [2.45, 2.75) is 50.4 Å². The van der Waals surface area contributed by atoms with E-state index in [1.807, 2.05) is 37.3 Å². The Labute approximate surface area is 182 Å². The van der Waals surface area contributed by atoms with Crippen molar-refractivity contribution >= 4 is 29.0 Å². The minimum absolute atomic E-state index is 0.0464. The van der Waals surface area contributed by atoms with Crippen molar-refractivity contribution < 1.29 is 4.79 Å². The molecule has 6 nitrogen and oxygen atoms in total. The number of hydrogen-bond acceptors (Lipinski definition) is 6. The fourth-order valence-electron chi connectivity index (χ4n) is 4.06. The first kappa shape index (κ1) is 19.5. The number of benzene rings is 1. The van der Waals surface area contributed by atoms with Crippen LogP contribution in [-0.4, -0.2) is 26.2 Å². The average molecular weight is 439 g/mol. The van der Waals surface area contributed by atoms with E-state index in [2.05, 4.69) is 15.3 Å². The summed E-state index contributed by atoms with van der Waals surface area (Å²) in [5.74, 6) is 0.672. The third-order valence-electron chi connectivity index (χ3n) is 5.65. The molecule has 1 amide bonds. The summed E-state index contributed by atoms with van der Waals surface area (Å²) in [6, 6.07) is 9.93. The van der Waals surface area contributed by atoms with Gasteiger partial charge in [-0.25, -0.2) is 9.97 Å². The summed E-state index contributed by atoms with van der Waals surface area (Å²) in [5.41, 5.74) is 3.89. The Hall–Kier alpha value is -2.45. The van der Waals surface area contributed by atoms with Gasteiger partial charge in [0, 0.05) is 28.2 Å². The van der Waals surface area contributed by atoms with Crippen molar-refractivity contribution in [3.63, 3.8) is 0 Å². The summed E-state index contributed by atoms with van der Waals surface area (Å²) in [6.45, 7) is 2.43. The van der Waals surface area contributed by atoms with Gasteiger partial charge in [-0.1, -0.05) is 42.1 Å². The van der Waals surface area contributed by atoms with Gasteiger partial charge in [-0.05, 0) is 26.2 Å². The molecule has 1 atom stereocenters. The number of aryl methyl sites for hydroxylation is 2. The van der Waals surface area contributed by atoms with Crippen molar-refractivity contribution in [3.8, 4) is 10.6 Å². The van der Waals surface area contributed by atoms with Crippen LogP contribution < -0.4 is 10.9 Å². The minimum atomic E-state index is -0.127. The van der Waals surface area contributed by atoms with Crippen LogP contribution in [0.25, 0.3) is 10.6 Å². The van der Waals surface area contributed by atoms with Gasteiger partial charge < -0.3 is 5.32 Å². The first-order valence-corrected chi connectivity index (χ1v) is 12.0. The summed E-state index contributed by atoms with van der Waals surface area (Å²) < 4.78 is 1.75. The molecular weight excluding hydrogens is 416 g/mol. The van der Waals surface area contributed by atoms with Crippen LogP contribution in [0.2, 0.25) is 0 Å². The van der Waals surface area contributed by atoms with Gasteiger partial charge in [-0.15, -0.1) is 11.3 Å². The van der Waals surface area contributed by atoms with Gasteiger partial charge in [0.2, 0.25) is 5.91 Å². The van der Waals surface area contributed by atoms with Crippen LogP contribution in [0.4, 0.5) is 0 Å². The predicted octanol–water partition coefficient (Wildman–Crippen LogP) is 3.52. The fourth-order valence-corrected chi connectivity index (χ4v) is 6.23. The molecule has 1 aliphatic carbocycles. The van der Waals surface area contributed by atoms with Crippen LogP contribution in [0.1, 0.15) is 40.7 Å². The van der Waals surface area contributed by atoms with Crippen molar-refractivity contribution in [3.05, 3.63) is 62.5 Å². The molecule has 3 heterocycles. The van der Waals surface area contributed by atoms with E-state index in [1.165, 1.54) is 0 Å². The number of thiazole rings is 1. The SMILES string of the molecule is Cc1nc(-c2ccccc2)sc1CNC(=O)CC1CSc2nc3c(c(=O)n21)CCC3. The van der Waals surface area contributed by atoms with Gasteiger partial charge in [0.15, 0.2) is 5.16 Å². The van der Waals surface area contributed by atoms with Crippen molar-refractivity contribution in [1.29, 1.82) is 0 Å². The Morgan fingerprint density at radius 2 is 2.07 bits per heavy atom. The number of hydrogen-bond donors (Lipinski definition) is 1. The van der Waals surface area contributed by atoms with E-state index in [9.17, 15) is 9.59 Å². The highest BCUT2D eigenvalue weighted by molar-refractivity contribution is 7.99. The average Bonchev–Trinajstić information content (AvgIpc) is 3.47. The molecule has 154 valence electrons. The van der Waals surface area contributed by atoms with E-state index in [0.717, 1.165) is 62.6 Å². The smallest absolute Gasteiger partial charge is 0.257 e. The molecule has 2 aromatic heterocycles. The number of nitrogens with zero attached hydrogens (tertiary/aromatic N) is 3. The number of rotatable bonds is 5. The summed E-state index contributed by atoms with van der Waals surface area (Å²) in [4.78, 5) is 35.9. The Morgan fingerprint density at radius 3 is 2.90 bits per heavy atom. The number of amides is 1. The second-order valence-corrected chi connectivity index (χ2v) is 9.76. The molecule has 5 rings (SSSR count). The zero-order chi connectivity index (χ0) is 20.7. The molecule has 30 heavy (non-hydrogen) atoms. The third kappa shape index (κ3) is 3.58. The summed E-state index contributed by atoms with van der Waals surface area (Å²) in [6.07, 6.45) is 2.99. The molecule has 1 N–H and O–H groups in total. The van der Waals surface area contributed by atoms with Crippen LogP contribution in [0.15, 0.2) is 40.3 Å². The maximum atomic E-state index is 12.9. The molecule has 2 aliphatic rings. The Kier molecular flexibility index (Phi) is 5.20. The highest BCUT2D eigenvalue weighted by Crippen LogP contribution is 2.34. The van der Waals surface area contributed by atoms with Gasteiger partial charge >= 0.3 is 0 Å². The largest absolute Gasteiger partial charge is 0.351 e. The zero-order valence-corrected chi connectivity index (χ0v) is 18.3. The molecule has 8 heteroatoms. The van der Waals surface area contributed by atoms with E-state index in [0.29, 0.717) is 13.0 Å². The maximum absolute atomic E-state index is 12.9. The number of thioether (sulfide) groups is 1. The van der Waals surface area contributed by atoms with Crippen molar-refractivity contribution in [2.24, 2.45) is 0 Å². The van der Waals surface area contributed by atoms with Crippen molar-refractivity contribution in [2.75, 3.05) is 5.75 Å². The van der Waals surface area contributed by atoms with Crippen LogP contribution in [0.3, 0.4) is 0 Å². The van der Waals surface area contributed by atoms with Gasteiger partial charge in [0.25, 0.3) is 5.56 Å². The molecule has 0 bridgehead atoms. The summed E-state index contributed by atoms with van der Waals surface area (Å²) in [5, 5.41) is 4.75. The van der Waals surface area contributed by atoms with Crippen LogP contribution in [0, 0.1) is 6.92 Å². The van der Waals surface area contributed by atoms with Crippen LogP contribution >= 0.6 is 23.1 Å².